The van der Waals surface area contributed by atoms with E-state index in [-0.39, 0.29) is 0 Å². The van der Waals surface area contributed by atoms with Crippen LogP contribution in [-0.2, 0) is 13.0 Å². The Bertz CT molecular complexity index is 998. The van der Waals surface area contributed by atoms with E-state index in [1.54, 1.807) is 12.4 Å². The number of aryl methyl sites for hydroxylation is 1. The Kier molecular flexibility index (Phi) is 4.23. The highest BCUT2D eigenvalue weighted by Crippen LogP contribution is 2.44. The molecule has 2 atom stereocenters. The van der Waals surface area contributed by atoms with E-state index in [2.05, 4.69) is 27.4 Å². The van der Waals surface area contributed by atoms with E-state index in [0.717, 1.165) is 23.6 Å². The van der Waals surface area contributed by atoms with Gasteiger partial charge in [0.25, 0.3) is 0 Å². The van der Waals surface area contributed by atoms with Crippen molar-refractivity contribution in [3.63, 3.8) is 0 Å². The van der Waals surface area contributed by atoms with Crippen molar-refractivity contribution in [1.29, 1.82) is 0 Å². The molecule has 1 saturated heterocycles. The molecule has 0 unspecified atom stereocenters. The standard InChI is InChI=1S/C22H24ClN3O/c1-14-10-16(23)11-17-21-18-5-3-8-25(18)9-6-19(21)26(22(14)17)13-20(27)15-4-2-7-24-12-15/h2,4,7,10-12,18,20,27H,3,5-6,8-9,13H2,1H3/t18-,20+/m0/s1. The van der Waals surface area contributed by atoms with E-state index in [4.69, 9.17) is 11.6 Å². The zero-order valence-corrected chi connectivity index (χ0v) is 16.3. The van der Waals surface area contributed by atoms with Crippen molar-refractivity contribution in [2.45, 2.75) is 44.9 Å². The maximum atomic E-state index is 10.9. The molecule has 1 fully saturated rings. The molecule has 140 valence electrons. The number of aromatic nitrogens is 2. The van der Waals surface area contributed by atoms with E-state index < -0.39 is 6.10 Å². The van der Waals surface area contributed by atoms with Crippen LogP contribution < -0.4 is 0 Å². The molecule has 5 heteroatoms. The third-order valence-corrected chi connectivity index (χ3v) is 6.44. The first-order chi connectivity index (χ1) is 13.1. The molecule has 4 nitrogen and oxygen atoms in total. The molecule has 27 heavy (non-hydrogen) atoms. The molecule has 5 rings (SSSR count). The molecule has 0 saturated carbocycles. The third kappa shape index (κ3) is 2.78. The number of pyridine rings is 1. The average Bonchev–Trinajstić information content (AvgIpc) is 3.25. The fourth-order valence-corrected chi connectivity index (χ4v) is 5.37. The molecule has 2 aliphatic heterocycles. The molecular formula is C22H24ClN3O. The van der Waals surface area contributed by atoms with E-state index in [0.29, 0.717) is 12.6 Å². The first-order valence-electron chi connectivity index (χ1n) is 9.76. The number of hydrogen-bond donors (Lipinski definition) is 1. The van der Waals surface area contributed by atoms with E-state index in [1.165, 1.54) is 47.1 Å². The van der Waals surface area contributed by atoms with Gasteiger partial charge in [-0.05, 0) is 55.6 Å². The summed E-state index contributed by atoms with van der Waals surface area (Å²) in [5.74, 6) is 0. The van der Waals surface area contributed by atoms with Crippen molar-refractivity contribution < 1.29 is 5.11 Å². The van der Waals surface area contributed by atoms with Gasteiger partial charge in [-0.2, -0.15) is 0 Å². The molecule has 0 amide bonds. The average molecular weight is 382 g/mol. The maximum absolute atomic E-state index is 10.9. The first kappa shape index (κ1) is 17.2. The predicted octanol–water partition coefficient (Wildman–Crippen LogP) is 4.42. The summed E-state index contributed by atoms with van der Waals surface area (Å²) < 4.78 is 2.35. The second kappa shape index (κ2) is 6.62. The number of fused-ring (bicyclic) bond motifs is 5. The van der Waals surface area contributed by atoms with Crippen LogP contribution in [0, 0.1) is 6.92 Å². The summed E-state index contributed by atoms with van der Waals surface area (Å²) in [4.78, 5) is 6.78. The minimum atomic E-state index is -0.574. The van der Waals surface area contributed by atoms with Crippen LogP contribution in [0.2, 0.25) is 5.02 Å². The number of halogens is 1. The van der Waals surface area contributed by atoms with Crippen LogP contribution in [-0.4, -0.2) is 32.6 Å². The first-order valence-corrected chi connectivity index (χ1v) is 10.1. The number of nitrogens with zero attached hydrogens (tertiary/aromatic N) is 3. The SMILES string of the molecule is Cc1cc(Cl)cc2c3c(n(C[C@@H](O)c4cccnc4)c12)CCN1CCC[C@@H]31. The number of aliphatic hydroxyl groups excluding tert-OH is 1. The highest BCUT2D eigenvalue weighted by molar-refractivity contribution is 6.31. The molecule has 1 aromatic carbocycles. The van der Waals surface area contributed by atoms with Crippen LogP contribution in [0.5, 0.6) is 0 Å². The Labute approximate surface area is 164 Å². The van der Waals surface area contributed by atoms with Crippen molar-refractivity contribution in [3.8, 4) is 0 Å². The molecule has 4 heterocycles. The lowest BCUT2D eigenvalue weighted by Crippen LogP contribution is -2.31. The van der Waals surface area contributed by atoms with Gasteiger partial charge in [0.15, 0.2) is 0 Å². The molecule has 2 aromatic heterocycles. The van der Waals surface area contributed by atoms with E-state index >= 15 is 0 Å². The summed E-state index contributed by atoms with van der Waals surface area (Å²) in [5.41, 5.74) is 6.08. The van der Waals surface area contributed by atoms with Gasteiger partial charge in [-0.15, -0.1) is 0 Å². The Hall–Kier alpha value is -1.88. The zero-order valence-electron chi connectivity index (χ0n) is 15.5. The summed E-state index contributed by atoms with van der Waals surface area (Å²) >= 11 is 6.44. The van der Waals surface area contributed by atoms with E-state index in [9.17, 15) is 5.11 Å². The van der Waals surface area contributed by atoms with Gasteiger partial charge in [0, 0.05) is 53.1 Å². The predicted molar refractivity (Wildman–Crippen MR) is 108 cm³/mol. The number of aliphatic hydroxyl groups is 1. The van der Waals surface area contributed by atoms with Gasteiger partial charge in [0.05, 0.1) is 18.2 Å². The fourth-order valence-electron chi connectivity index (χ4n) is 5.10. The molecule has 3 aromatic rings. The maximum Gasteiger partial charge on any atom is 0.0983 e. The number of rotatable bonds is 3. The Morgan fingerprint density at radius 1 is 1.33 bits per heavy atom. The number of benzene rings is 1. The summed E-state index contributed by atoms with van der Waals surface area (Å²) in [6.45, 7) is 4.96. The van der Waals surface area contributed by atoms with E-state index in [1.807, 2.05) is 18.2 Å². The molecule has 0 aliphatic carbocycles. The third-order valence-electron chi connectivity index (χ3n) is 6.22. The van der Waals surface area contributed by atoms with Gasteiger partial charge in [-0.25, -0.2) is 0 Å². The molecule has 0 radical (unpaired) electrons. The Balaban J connectivity index is 1.68. The van der Waals surface area contributed by atoms with Crippen molar-refractivity contribution in [2.75, 3.05) is 13.1 Å². The van der Waals surface area contributed by atoms with Gasteiger partial charge >= 0.3 is 0 Å². The smallest absolute Gasteiger partial charge is 0.0983 e. The lowest BCUT2D eigenvalue weighted by molar-refractivity contribution is 0.155. The molecule has 0 spiro atoms. The minimum Gasteiger partial charge on any atom is -0.386 e. The van der Waals surface area contributed by atoms with Gasteiger partial charge < -0.3 is 9.67 Å². The molecule has 2 aliphatic rings. The van der Waals surface area contributed by atoms with Crippen LogP contribution >= 0.6 is 11.6 Å². The normalized spacial score (nSPS) is 20.6. The summed E-state index contributed by atoms with van der Waals surface area (Å²) in [6, 6.07) is 8.47. The number of hydrogen-bond acceptors (Lipinski definition) is 3. The van der Waals surface area contributed by atoms with Gasteiger partial charge in [-0.1, -0.05) is 17.7 Å². The second-order valence-electron chi connectivity index (χ2n) is 7.84. The van der Waals surface area contributed by atoms with Gasteiger partial charge in [0.2, 0.25) is 0 Å². The lowest BCUT2D eigenvalue weighted by atomic mass is 9.95. The van der Waals surface area contributed by atoms with Crippen LogP contribution in [0.1, 0.15) is 47.4 Å². The molecule has 0 bridgehead atoms. The van der Waals surface area contributed by atoms with Crippen molar-refractivity contribution in [1.82, 2.24) is 14.5 Å². The monoisotopic (exact) mass is 381 g/mol. The summed E-state index contributed by atoms with van der Waals surface area (Å²) in [5, 5.41) is 13.0. The Morgan fingerprint density at radius 2 is 2.22 bits per heavy atom. The topological polar surface area (TPSA) is 41.3 Å². The van der Waals surface area contributed by atoms with Crippen molar-refractivity contribution >= 4 is 22.5 Å². The minimum absolute atomic E-state index is 0.492. The lowest BCUT2D eigenvalue weighted by Gasteiger charge is -2.31. The van der Waals surface area contributed by atoms with Crippen LogP contribution in [0.3, 0.4) is 0 Å². The summed E-state index contributed by atoms with van der Waals surface area (Å²) in [7, 11) is 0. The largest absolute Gasteiger partial charge is 0.386 e. The van der Waals surface area contributed by atoms with Crippen molar-refractivity contribution in [2.24, 2.45) is 0 Å². The Morgan fingerprint density at radius 3 is 3.04 bits per heavy atom. The molecular weight excluding hydrogens is 358 g/mol. The van der Waals surface area contributed by atoms with Crippen LogP contribution in [0.4, 0.5) is 0 Å². The highest BCUT2D eigenvalue weighted by atomic mass is 35.5. The van der Waals surface area contributed by atoms with Gasteiger partial charge in [0.1, 0.15) is 0 Å². The highest BCUT2D eigenvalue weighted by Gasteiger charge is 2.36. The zero-order chi connectivity index (χ0) is 18.5. The summed E-state index contributed by atoms with van der Waals surface area (Å²) in [6.07, 6.45) is 6.42. The molecule has 1 N–H and O–H groups in total. The quantitative estimate of drug-likeness (QED) is 0.729. The van der Waals surface area contributed by atoms with Crippen LogP contribution in [0.25, 0.3) is 10.9 Å². The second-order valence-corrected chi connectivity index (χ2v) is 8.27. The van der Waals surface area contributed by atoms with Gasteiger partial charge in [-0.3, -0.25) is 9.88 Å². The fraction of sp³-hybridized carbons (Fsp3) is 0.409. The van der Waals surface area contributed by atoms with Crippen LogP contribution in [0.15, 0.2) is 36.7 Å². The van der Waals surface area contributed by atoms with Crippen molar-refractivity contribution in [3.05, 3.63) is 64.1 Å².